The van der Waals surface area contributed by atoms with Crippen LogP contribution in [0.2, 0.25) is 0 Å². The molecule has 0 atom stereocenters. The second kappa shape index (κ2) is 5.80. The van der Waals surface area contributed by atoms with Crippen LogP contribution >= 0.6 is 12.2 Å². The van der Waals surface area contributed by atoms with Gasteiger partial charge in [0, 0.05) is 5.69 Å². The summed E-state index contributed by atoms with van der Waals surface area (Å²) in [6, 6.07) is 1.96. The number of unbranched alkanes of at least 4 members (excludes halogenated alkanes) is 1. The minimum Gasteiger partial charge on any atom is -0.477 e. The van der Waals surface area contributed by atoms with Crippen molar-refractivity contribution < 1.29 is 4.74 Å². The summed E-state index contributed by atoms with van der Waals surface area (Å²) < 4.78 is 5.62. The molecule has 0 saturated heterocycles. The summed E-state index contributed by atoms with van der Waals surface area (Å²) in [7, 11) is 0. The van der Waals surface area contributed by atoms with Gasteiger partial charge in [-0.2, -0.15) is 0 Å². The number of nitrogens with zero attached hydrogens (tertiary/aromatic N) is 1. The molecule has 2 N–H and O–H groups in total. The lowest BCUT2D eigenvalue weighted by Crippen LogP contribution is -2.15. The van der Waals surface area contributed by atoms with Crippen molar-refractivity contribution in [2.75, 3.05) is 6.61 Å². The fourth-order valence-electron chi connectivity index (χ4n) is 1.52. The van der Waals surface area contributed by atoms with Gasteiger partial charge in [-0.3, -0.25) is 0 Å². The second-order valence-electron chi connectivity index (χ2n) is 3.83. The highest BCUT2D eigenvalue weighted by Gasteiger charge is 2.12. The molecule has 0 saturated carbocycles. The molecule has 16 heavy (non-hydrogen) atoms. The summed E-state index contributed by atoms with van der Waals surface area (Å²) in [5.41, 5.74) is 8.38. The Kier molecular flexibility index (Phi) is 4.68. The van der Waals surface area contributed by atoms with E-state index >= 15 is 0 Å². The molecule has 1 heterocycles. The largest absolute Gasteiger partial charge is 0.477 e. The molecule has 0 fully saturated rings. The Labute approximate surface area is 102 Å². The predicted octanol–water partition coefficient (Wildman–Crippen LogP) is 2.51. The van der Waals surface area contributed by atoms with Crippen molar-refractivity contribution in [1.29, 1.82) is 0 Å². The number of pyridine rings is 1. The van der Waals surface area contributed by atoms with E-state index in [-0.39, 0.29) is 0 Å². The predicted molar refractivity (Wildman–Crippen MR) is 70.0 cm³/mol. The van der Waals surface area contributed by atoms with Gasteiger partial charge in [0.25, 0.3) is 0 Å². The zero-order chi connectivity index (χ0) is 12.1. The van der Waals surface area contributed by atoms with Crippen molar-refractivity contribution in [3.63, 3.8) is 0 Å². The first-order chi connectivity index (χ1) is 7.56. The van der Waals surface area contributed by atoms with E-state index in [1.54, 1.807) is 0 Å². The third kappa shape index (κ3) is 3.17. The number of ether oxygens (including phenoxy) is 1. The quantitative estimate of drug-likeness (QED) is 0.632. The summed E-state index contributed by atoms with van der Waals surface area (Å²) in [5, 5.41) is 0. The van der Waals surface area contributed by atoms with Gasteiger partial charge >= 0.3 is 0 Å². The van der Waals surface area contributed by atoms with Gasteiger partial charge in [-0.1, -0.05) is 25.6 Å². The average molecular weight is 238 g/mol. The van der Waals surface area contributed by atoms with Crippen molar-refractivity contribution in [2.45, 2.75) is 33.6 Å². The molecule has 0 amide bonds. The Morgan fingerprint density at radius 3 is 2.75 bits per heavy atom. The summed E-state index contributed by atoms with van der Waals surface area (Å²) in [6.07, 6.45) is 2.10. The van der Waals surface area contributed by atoms with Gasteiger partial charge in [0.15, 0.2) is 0 Å². The van der Waals surface area contributed by atoms with Gasteiger partial charge in [0.2, 0.25) is 5.88 Å². The summed E-state index contributed by atoms with van der Waals surface area (Å²) in [5.74, 6) is 0.568. The maximum Gasteiger partial charge on any atom is 0.224 e. The van der Waals surface area contributed by atoms with Crippen molar-refractivity contribution in [2.24, 2.45) is 5.73 Å². The maximum atomic E-state index is 5.68. The smallest absolute Gasteiger partial charge is 0.224 e. The molecule has 88 valence electrons. The van der Waals surface area contributed by atoms with Gasteiger partial charge in [-0.05, 0) is 31.9 Å². The Hall–Kier alpha value is -1.16. The topological polar surface area (TPSA) is 48.1 Å². The zero-order valence-electron chi connectivity index (χ0n) is 10.0. The first kappa shape index (κ1) is 12.9. The number of thiocarbonyl (C=S) groups is 1. The minimum atomic E-state index is 0.344. The molecule has 1 rings (SSSR count). The van der Waals surface area contributed by atoms with Crippen LogP contribution in [0.1, 0.15) is 36.6 Å². The van der Waals surface area contributed by atoms with E-state index in [0.717, 1.165) is 29.7 Å². The highest BCUT2D eigenvalue weighted by atomic mass is 32.1. The van der Waals surface area contributed by atoms with Crippen LogP contribution in [0.3, 0.4) is 0 Å². The molecule has 3 nitrogen and oxygen atoms in total. The van der Waals surface area contributed by atoms with Crippen LogP contribution in [0.5, 0.6) is 5.88 Å². The highest BCUT2D eigenvalue weighted by molar-refractivity contribution is 7.80. The van der Waals surface area contributed by atoms with Crippen LogP contribution in [0.15, 0.2) is 6.07 Å². The summed E-state index contributed by atoms with van der Waals surface area (Å²) >= 11 is 5.02. The third-order valence-corrected chi connectivity index (χ3v) is 2.50. The number of aryl methyl sites for hydroxylation is 2. The molecule has 0 aliphatic rings. The fraction of sp³-hybridized carbons (Fsp3) is 0.500. The van der Waals surface area contributed by atoms with E-state index in [0.29, 0.717) is 17.5 Å². The normalized spacial score (nSPS) is 10.2. The summed E-state index contributed by atoms with van der Waals surface area (Å²) in [4.78, 5) is 4.68. The van der Waals surface area contributed by atoms with Gasteiger partial charge < -0.3 is 10.5 Å². The van der Waals surface area contributed by atoms with E-state index < -0.39 is 0 Å². The standard InChI is InChI=1S/C12H18N2OS/c1-4-5-6-15-12-10(11(13)16)8(2)7-9(3)14-12/h7H,4-6H2,1-3H3,(H2,13,16). The fourth-order valence-corrected chi connectivity index (χ4v) is 1.77. The lowest BCUT2D eigenvalue weighted by atomic mass is 10.1. The van der Waals surface area contributed by atoms with Crippen LogP contribution in [0.25, 0.3) is 0 Å². The molecule has 1 aromatic heterocycles. The first-order valence-corrected chi connectivity index (χ1v) is 5.88. The lowest BCUT2D eigenvalue weighted by molar-refractivity contribution is 0.296. The van der Waals surface area contributed by atoms with Crippen molar-refractivity contribution in [3.05, 3.63) is 22.9 Å². The van der Waals surface area contributed by atoms with Gasteiger partial charge in [-0.15, -0.1) is 0 Å². The zero-order valence-corrected chi connectivity index (χ0v) is 10.9. The monoisotopic (exact) mass is 238 g/mol. The second-order valence-corrected chi connectivity index (χ2v) is 4.27. The van der Waals surface area contributed by atoms with E-state index in [9.17, 15) is 0 Å². The molecular formula is C12H18N2OS. The Bertz CT molecular complexity index is 391. The molecule has 0 spiro atoms. The molecule has 0 aromatic carbocycles. The van der Waals surface area contributed by atoms with Crippen LogP contribution in [0.4, 0.5) is 0 Å². The molecule has 0 aliphatic heterocycles. The molecule has 0 bridgehead atoms. The average Bonchev–Trinajstić information content (AvgIpc) is 2.16. The van der Waals surface area contributed by atoms with Crippen LogP contribution in [-0.4, -0.2) is 16.6 Å². The van der Waals surface area contributed by atoms with Crippen LogP contribution in [0, 0.1) is 13.8 Å². The Morgan fingerprint density at radius 1 is 1.50 bits per heavy atom. The van der Waals surface area contributed by atoms with Crippen LogP contribution < -0.4 is 10.5 Å². The number of hydrogen-bond acceptors (Lipinski definition) is 3. The van der Waals surface area contributed by atoms with E-state index in [2.05, 4.69) is 11.9 Å². The Balaban J connectivity index is 2.99. The molecule has 0 aliphatic carbocycles. The molecule has 0 radical (unpaired) electrons. The van der Waals surface area contributed by atoms with Crippen molar-refractivity contribution in [3.8, 4) is 5.88 Å². The SMILES string of the molecule is CCCCOc1nc(C)cc(C)c1C(N)=S. The maximum absolute atomic E-state index is 5.68. The summed E-state index contributed by atoms with van der Waals surface area (Å²) in [6.45, 7) is 6.67. The van der Waals surface area contributed by atoms with Gasteiger partial charge in [0.05, 0.1) is 12.2 Å². The number of nitrogens with two attached hydrogens (primary N) is 1. The van der Waals surface area contributed by atoms with Gasteiger partial charge in [0.1, 0.15) is 4.99 Å². The van der Waals surface area contributed by atoms with Crippen molar-refractivity contribution in [1.82, 2.24) is 4.98 Å². The lowest BCUT2D eigenvalue weighted by Gasteiger charge is -2.12. The molecule has 1 aromatic rings. The van der Waals surface area contributed by atoms with E-state index in [1.807, 2.05) is 19.9 Å². The van der Waals surface area contributed by atoms with Crippen molar-refractivity contribution >= 4 is 17.2 Å². The van der Waals surface area contributed by atoms with Crippen LogP contribution in [-0.2, 0) is 0 Å². The highest BCUT2D eigenvalue weighted by Crippen LogP contribution is 2.21. The van der Waals surface area contributed by atoms with E-state index in [4.69, 9.17) is 22.7 Å². The number of aromatic nitrogens is 1. The number of hydrogen-bond donors (Lipinski definition) is 1. The molecule has 4 heteroatoms. The third-order valence-electron chi connectivity index (χ3n) is 2.29. The first-order valence-electron chi connectivity index (χ1n) is 5.47. The van der Waals surface area contributed by atoms with Gasteiger partial charge in [-0.25, -0.2) is 4.98 Å². The number of rotatable bonds is 5. The van der Waals surface area contributed by atoms with E-state index in [1.165, 1.54) is 0 Å². The molecular weight excluding hydrogens is 220 g/mol. The minimum absolute atomic E-state index is 0.344. The Morgan fingerprint density at radius 2 is 2.19 bits per heavy atom. The molecule has 0 unspecified atom stereocenters.